The molecule has 0 N–H and O–H groups in total. The molecule has 1 aliphatic heterocycles. The number of hydrogen-bond acceptors (Lipinski definition) is 2. The van der Waals surface area contributed by atoms with Crippen LogP contribution in [0, 0.1) is 11.8 Å². The van der Waals surface area contributed by atoms with Gasteiger partial charge >= 0.3 is 0 Å². The highest BCUT2D eigenvalue weighted by atomic mass is 79.9. The molecule has 2 fully saturated rings. The van der Waals surface area contributed by atoms with E-state index < -0.39 is 0 Å². The third-order valence-electron chi connectivity index (χ3n) is 5.02. The fourth-order valence-electron chi connectivity index (χ4n) is 3.77. The predicted octanol–water partition coefficient (Wildman–Crippen LogP) is 4.91. The van der Waals surface area contributed by atoms with Gasteiger partial charge in [-0.1, -0.05) is 40.4 Å². The first-order valence-electron chi connectivity index (χ1n) is 8.49. The average molecular weight is 401 g/mol. The summed E-state index contributed by atoms with van der Waals surface area (Å²) in [4.78, 5) is 14.4. The van der Waals surface area contributed by atoms with Gasteiger partial charge in [0.05, 0.1) is 11.6 Å². The average Bonchev–Trinajstić information content (AvgIpc) is 2.97. The van der Waals surface area contributed by atoms with Gasteiger partial charge in [0.25, 0.3) is 0 Å². The Morgan fingerprint density at radius 3 is 2.61 bits per heavy atom. The van der Waals surface area contributed by atoms with Crippen molar-refractivity contribution in [3.63, 3.8) is 0 Å². The molecule has 0 bridgehead atoms. The van der Waals surface area contributed by atoms with E-state index in [1.807, 2.05) is 18.2 Å². The molecule has 1 aromatic carbocycles. The summed E-state index contributed by atoms with van der Waals surface area (Å²) in [5.74, 6) is 2.47. The number of nitrogens with zero attached hydrogens (tertiary/aromatic N) is 1. The maximum Gasteiger partial charge on any atom is 0.222 e. The van der Waals surface area contributed by atoms with Gasteiger partial charge in [0.2, 0.25) is 5.91 Å². The molecule has 3 nitrogen and oxygen atoms in total. The van der Waals surface area contributed by atoms with Crippen LogP contribution in [-0.4, -0.2) is 30.5 Å². The fraction of sp³-hybridized carbons (Fsp3) is 0.611. The monoisotopic (exact) mass is 399 g/mol. The minimum atomic E-state index is 0.282. The van der Waals surface area contributed by atoms with E-state index in [2.05, 4.69) is 20.8 Å². The zero-order valence-corrected chi connectivity index (χ0v) is 15.6. The smallest absolute Gasteiger partial charge is 0.222 e. The molecule has 2 aliphatic rings. The van der Waals surface area contributed by atoms with Crippen molar-refractivity contribution in [3.05, 3.63) is 27.7 Å². The largest absolute Gasteiger partial charge is 0.492 e. The first-order chi connectivity index (χ1) is 11.1. The van der Waals surface area contributed by atoms with Crippen LogP contribution in [0.4, 0.5) is 0 Å². The van der Waals surface area contributed by atoms with E-state index >= 15 is 0 Å². The quantitative estimate of drug-likeness (QED) is 0.657. The van der Waals surface area contributed by atoms with Crippen molar-refractivity contribution in [1.29, 1.82) is 0 Å². The van der Waals surface area contributed by atoms with Gasteiger partial charge in [-0.3, -0.25) is 4.79 Å². The van der Waals surface area contributed by atoms with Gasteiger partial charge in [-0.15, -0.1) is 0 Å². The van der Waals surface area contributed by atoms with Crippen molar-refractivity contribution >= 4 is 33.4 Å². The van der Waals surface area contributed by atoms with Gasteiger partial charge in [0, 0.05) is 24.0 Å². The van der Waals surface area contributed by atoms with Crippen LogP contribution in [0.2, 0.25) is 5.02 Å². The third-order valence-corrected chi connectivity index (χ3v) is 5.80. The summed E-state index contributed by atoms with van der Waals surface area (Å²) >= 11 is 9.48. The second-order valence-electron chi connectivity index (χ2n) is 6.63. The van der Waals surface area contributed by atoms with Gasteiger partial charge in [0.1, 0.15) is 5.75 Å². The van der Waals surface area contributed by atoms with Crippen LogP contribution in [-0.2, 0) is 4.79 Å². The molecule has 1 aliphatic carbocycles. The Balaban J connectivity index is 1.39. The van der Waals surface area contributed by atoms with Crippen molar-refractivity contribution in [2.24, 2.45) is 11.8 Å². The second kappa shape index (κ2) is 7.89. The number of benzene rings is 1. The highest BCUT2D eigenvalue weighted by Gasteiger charge is 2.35. The predicted molar refractivity (Wildman–Crippen MR) is 95.9 cm³/mol. The van der Waals surface area contributed by atoms with E-state index in [9.17, 15) is 4.79 Å². The molecule has 1 amide bonds. The molecule has 23 heavy (non-hydrogen) atoms. The molecule has 1 aromatic rings. The minimum absolute atomic E-state index is 0.282. The Morgan fingerprint density at radius 1 is 1.26 bits per heavy atom. The van der Waals surface area contributed by atoms with Crippen LogP contribution in [0.25, 0.3) is 0 Å². The van der Waals surface area contributed by atoms with Gasteiger partial charge in [-0.2, -0.15) is 0 Å². The lowest BCUT2D eigenvalue weighted by atomic mass is 9.82. The van der Waals surface area contributed by atoms with Crippen molar-refractivity contribution in [3.8, 4) is 5.75 Å². The summed E-state index contributed by atoms with van der Waals surface area (Å²) in [5.41, 5.74) is 0. The Bertz CT molecular complexity index is 552. The molecule has 3 rings (SSSR count). The normalized spacial score (nSPS) is 23.7. The summed E-state index contributed by atoms with van der Waals surface area (Å²) in [6.07, 6.45) is 6.58. The SMILES string of the molecule is O=C(CCCOc1ccc(Br)cc1Cl)N1CC2CCCCC2C1. The number of carbonyl (C=O) groups excluding carboxylic acids is 1. The van der Waals surface area contributed by atoms with Crippen LogP contribution < -0.4 is 4.74 Å². The highest BCUT2D eigenvalue weighted by molar-refractivity contribution is 9.10. The number of fused-ring (bicyclic) bond motifs is 1. The molecular formula is C18H23BrClNO2. The summed E-state index contributed by atoms with van der Waals surface area (Å²) in [7, 11) is 0. The fourth-order valence-corrected chi connectivity index (χ4v) is 4.49. The molecule has 1 heterocycles. The lowest BCUT2D eigenvalue weighted by molar-refractivity contribution is -0.130. The number of hydrogen-bond donors (Lipinski definition) is 0. The highest BCUT2D eigenvalue weighted by Crippen LogP contribution is 2.36. The van der Waals surface area contributed by atoms with E-state index in [0.717, 1.165) is 35.8 Å². The van der Waals surface area contributed by atoms with Crippen LogP contribution in [0.15, 0.2) is 22.7 Å². The number of carbonyl (C=O) groups is 1. The molecule has 2 atom stereocenters. The van der Waals surface area contributed by atoms with E-state index in [0.29, 0.717) is 23.8 Å². The van der Waals surface area contributed by atoms with Crippen LogP contribution in [0.1, 0.15) is 38.5 Å². The molecule has 2 unspecified atom stereocenters. The number of halogens is 2. The van der Waals surface area contributed by atoms with Crippen molar-refractivity contribution in [1.82, 2.24) is 4.90 Å². The van der Waals surface area contributed by atoms with E-state index in [1.165, 1.54) is 25.7 Å². The van der Waals surface area contributed by atoms with Crippen molar-refractivity contribution in [2.75, 3.05) is 19.7 Å². The second-order valence-corrected chi connectivity index (χ2v) is 7.95. The van der Waals surface area contributed by atoms with Crippen LogP contribution in [0.3, 0.4) is 0 Å². The third kappa shape index (κ3) is 4.42. The van der Waals surface area contributed by atoms with E-state index in [4.69, 9.17) is 16.3 Å². The Labute approximate surface area is 151 Å². The van der Waals surface area contributed by atoms with E-state index in [1.54, 1.807) is 0 Å². The van der Waals surface area contributed by atoms with Crippen LogP contribution in [0.5, 0.6) is 5.75 Å². The molecule has 0 radical (unpaired) electrons. The zero-order valence-electron chi connectivity index (χ0n) is 13.3. The van der Waals surface area contributed by atoms with Gasteiger partial charge < -0.3 is 9.64 Å². The first-order valence-corrected chi connectivity index (χ1v) is 9.66. The summed E-state index contributed by atoms with van der Waals surface area (Å²) in [6.45, 7) is 2.47. The maximum atomic E-state index is 12.3. The molecular weight excluding hydrogens is 378 g/mol. The lowest BCUT2D eigenvalue weighted by Gasteiger charge is -2.22. The van der Waals surface area contributed by atoms with Crippen molar-refractivity contribution in [2.45, 2.75) is 38.5 Å². The number of likely N-dealkylation sites (tertiary alicyclic amines) is 1. The number of amides is 1. The Hall–Kier alpha value is -0.740. The standard InChI is InChI=1S/C18H23BrClNO2/c19-15-7-8-17(16(20)10-15)23-9-3-6-18(22)21-11-13-4-1-2-5-14(13)12-21/h7-8,10,13-14H,1-6,9,11-12H2. The first kappa shape index (κ1) is 17.1. The molecule has 1 saturated carbocycles. The molecule has 5 heteroatoms. The number of rotatable bonds is 5. The van der Waals surface area contributed by atoms with Gasteiger partial charge in [0.15, 0.2) is 0 Å². The van der Waals surface area contributed by atoms with Gasteiger partial charge in [-0.05, 0) is 49.3 Å². The molecule has 0 spiro atoms. The van der Waals surface area contributed by atoms with Gasteiger partial charge in [-0.25, -0.2) is 0 Å². The zero-order chi connectivity index (χ0) is 16.2. The van der Waals surface area contributed by atoms with Crippen molar-refractivity contribution < 1.29 is 9.53 Å². The van der Waals surface area contributed by atoms with Crippen LogP contribution >= 0.6 is 27.5 Å². The maximum absolute atomic E-state index is 12.3. The summed E-state index contributed by atoms with van der Waals surface area (Å²) in [6, 6.07) is 5.56. The molecule has 1 saturated heterocycles. The molecule has 126 valence electrons. The Kier molecular flexibility index (Phi) is 5.86. The summed E-state index contributed by atoms with van der Waals surface area (Å²) in [5, 5.41) is 0.592. The molecule has 0 aromatic heterocycles. The Morgan fingerprint density at radius 2 is 1.96 bits per heavy atom. The van der Waals surface area contributed by atoms with E-state index in [-0.39, 0.29) is 5.91 Å². The lowest BCUT2D eigenvalue weighted by Crippen LogP contribution is -2.29. The number of ether oxygens (including phenoxy) is 1. The summed E-state index contributed by atoms with van der Waals surface area (Å²) < 4.78 is 6.61. The topological polar surface area (TPSA) is 29.5 Å². The minimum Gasteiger partial charge on any atom is -0.492 e.